The van der Waals surface area contributed by atoms with Crippen molar-refractivity contribution in [3.05, 3.63) is 24.3 Å². The molecule has 0 N–H and O–H groups in total. The highest BCUT2D eigenvalue weighted by Gasteiger charge is 2.00. The standard InChI is InChI=1S/C10H18O/c1-5-7-9(3)11-10(4)8-6-2/h5-10H,1-4H3. The molecule has 0 aliphatic heterocycles. The Kier molecular flexibility index (Phi) is 5.86. The van der Waals surface area contributed by atoms with Crippen molar-refractivity contribution in [2.45, 2.75) is 39.9 Å². The van der Waals surface area contributed by atoms with Crippen LogP contribution in [-0.2, 0) is 4.74 Å². The number of hydrogen-bond acceptors (Lipinski definition) is 1. The van der Waals surface area contributed by atoms with Gasteiger partial charge in [-0.05, 0) is 27.7 Å². The van der Waals surface area contributed by atoms with Crippen LogP contribution in [0.5, 0.6) is 0 Å². The van der Waals surface area contributed by atoms with E-state index in [4.69, 9.17) is 4.74 Å². The molecule has 1 nitrogen and oxygen atoms in total. The van der Waals surface area contributed by atoms with Crippen LogP contribution in [0.1, 0.15) is 27.7 Å². The average Bonchev–Trinajstić information content (AvgIpc) is 1.87. The zero-order chi connectivity index (χ0) is 8.69. The van der Waals surface area contributed by atoms with Gasteiger partial charge >= 0.3 is 0 Å². The van der Waals surface area contributed by atoms with Gasteiger partial charge in [0.2, 0.25) is 0 Å². The second kappa shape index (κ2) is 6.17. The minimum Gasteiger partial charge on any atom is -0.367 e. The molecule has 0 aromatic heterocycles. The second-order valence-corrected chi connectivity index (χ2v) is 2.60. The fourth-order valence-corrected chi connectivity index (χ4v) is 0.971. The van der Waals surface area contributed by atoms with E-state index >= 15 is 0 Å². The van der Waals surface area contributed by atoms with Gasteiger partial charge in [-0.15, -0.1) is 0 Å². The van der Waals surface area contributed by atoms with Crippen molar-refractivity contribution in [1.29, 1.82) is 0 Å². The quantitative estimate of drug-likeness (QED) is 0.566. The molecule has 2 unspecified atom stereocenters. The van der Waals surface area contributed by atoms with Crippen LogP contribution < -0.4 is 0 Å². The number of rotatable bonds is 4. The van der Waals surface area contributed by atoms with E-state index in [0.29, 0.717) is 0 Å². The second-order valence-electron chi connectivity index (χ2n) is 2.60. The molecule has 0 aliphatic rings. The molecule has 11 heavy (non-hydrogen) atoms. The van der Waals surface area contributed by atoms with Crippen LogP contribution in [0.3, 0.4) is 0 Å². The molecule has 0 saturated carbocycles. The maximum atomic E-state index is 5.56. The molecule has 0 amide bonds. The lowest BCUT2D eigenvalue weighted by Crippen LogP contribution is -2.12. The maximum absolute atomic E-state index is 5.56. The van der Waals surface area contributed by atoms with Gasteiger partial charge in [0.25, 0.3) is 0 Å². The van der Waals surface area contributed by atoms with E-state index in [2.05, 4.69) is 0 Å². The van der Waals surface area contributed by atoms with Crippen molar-refractivity contribution in [3.63, 3.8) is 0 Å². The first-order valence-corrected chi connectivity index (χ1v) is 4.11. The molecule has 0 aromatic rings. The summed E-state index contributed by atoms with van der Waals surface area (Å²) in [5.74, 6) is 0. The van der Waals surface area contributed by atoms with Crippen molar-refractivity contribution in [1.82, 2.24) is 0 Å². The zero-order valence-corrected chi connectivity index (χ0v) is 7.87. The summed E-state index contributed by atoms with van der Waals surface area (Å²) in [7, 11) is 0. The molecular formula is C10H18O. The van der Waals surface area contributed by atoms with Crippen LogP contribution in [0, 0.1) is 0 Å². The summed E-state index contributed by atoms with van der Waals surface area (Å²) in [6, 6.07) is 0. The van der Waals surface area contributed by atoms with Crippen LogP contribution in [0.4, 0.5) is 0 Å². The minimum atomic E-state index is 0.214. The lowest BCUT2D eigenvalue weighted by Gasteiger charge is -2.12. The van der Waals surface area contributed by atoms with E-state index in [9.17, 15) is 0 Å². The fraction of sp³-hybridized carbons (Fsp3) is 0.600. The summed E-state index contributed by atoms with van der Waals surface area (Å²) in [5, 5.41) is 0. The van der Waals surface area contributed by atoms with Gasteiger partial charge in [-0.3, -0.25) is 0 Å². The first-order chi connectivity index (χ1) is 5.20. The molecule has 0 heterocycles. The highest BCUT2D eigenvalue weighted by atomic mass is 16.5. The van der Waals surface area contributed by atoms with Crippen LogP contribution >= 0.6 is 0 Å². The Bertz CT molecular complexity index is 120. The number of hydrogen-bond donors (Lipinski definition) is 0. The third kappa shape index (κ3) is 5.86. The van der Waals surface area contributed by atoms with Gasteiger partial charge in [-0.2, -0.15) is 0 Å². The summed E-state index contributed by atoms with van der Waals surface area (Å²) in [6.07, 6.45) is 8.53. The Morgan fingerprint density at radius 2 is 1.27 bits per heavy atom. The van der Waals surface area contributed by atoms with Gasteiger partial charge in [-0.25, -0.2) is 0 Å². The lowest BCUT2D eigenvalue weighted by molar-refractivity contribution is 0.0630. The fourth-order valence-electron chi connectivity index (χ4n) is 0.971. The molecule has 0 radical (unpaired) electrons. The Morgan fingerprint density at radius 1 is 0.909 bits per heavy atom. The Balaban J connectivity index is 3.65. The Morgan fingerprint density at radius 3 is 1.55 bits per heavy atom. The van der Waals surface area contributed by atoms with E-state index in [1.165, 1.54) is 0 Å². The molecule has 1 heteroatoms. The van der Waals surface area contributed by atoms with Crippen LogP contribution in [0.2, 0.25) is 0 Å². The normalized spacial score (nSPS) is 17.8. The molecule has 0 fully saturated rings. The van der Waals surface area contributed by atoms with E-state index in [0.717, 1.165) is 0 Å². The minimum absolute atomic E-state index is 0.214. The molecule has 0 aliphatic carbocycles. The summed E-state index contributed by atoms with van der Waals surface area (Å²) in [4.78, 5) is 0. The highest BCUT2D eigenvalue weighted by molar-refractivity contribution is 4.88. The van der Waals surface area contributed by atoms with Gasteiger partial charge in [0, 0.05) is 0 Å². The molecular weight excluding hydrogens is 136 g/mol. The molecule has 2 atom stereocenters. The van der Waals surface area contributed by atoms with Crippen molar-refractivity contribution in [2.75, 3.05) is 0 Å². The van der Waals surface area contributed by atoms with Crippen molar-refractivity contribution in [2.24, 2.45) is 0 Å². The predicted octanol–water partition coefficient (Wildman–Crippen LogP) is 2.93. The molecule has 0 saturated heterocycles. The van der Waals surface area contributed by atoms with Gasteiger partial charge in [0.05, 0.1) is 12.2 Å². The monoisotopic (exact) mass is 154 g/mol. The zero-order valence-electron chi connectivity index (χ0n) is 7.87. The van der Waals surface area contributed by atoms with Gasteiger partial charge in [-0.1, -0.05) is 24.3 Å². The van der Waals surface area contributed by atoms with Crippen molar-refractivity contribution in [3.8, 4) is 0 Å². The molecule has 0 spiro atoms. The third-order valence-electron chi connectivity index (χ3n) is 1.36. The molecule has 0 bridgehead atoms. The van der Waals surface area contributed by atoms with E-state index in [1.54, 1.807) is 0 Å². The largest absolute Gasteiger partial charge is 0.367 e. The van der Waals surface area contributed by atoms with Gasteiger partial charge in [0.1, 0.15) is 0 Å². The van der Waals surface area contributed by atoms with E-state index in [1.807, 2.05) is 52.0 Å². The summed E-state index contributed by atoms with van der Waals surface area (Å²) in [5.41, 5.74) is 0. The Labute approximate surface area is 69.8 Å². The van der Waals surface area contributed by atoms with Crippen molar-refractivity contribution >= 4 is 0 Å². The number of allylic oxidation sites excluding steroid dienone is 2. The summed E-state index contributed by atoms with van der Waals surface area (Å²) < 4.78 is 5.56. The number of ether oxygens (including phenoxy) is 1. The molecule has 0 rings (SSSR count). The van der Waals surface area contributed by atoms with E-state index in [-0.39, 0.29) is 12.2 Å². The smallest absolute Gasteiger partial charge is 0.0735 e. The first-order valence-electron chi connectivity index (χ1n) is 4.11. The topological polar surface area (TPSA) is 9.23 Å². The maximum Gasteiger partial charge on any atom is 0.0735 e. The van der Waals surface area contributed by atoms with Crippen LogP contribution in [0.15, 0.2) is 24.3 Å². The Hall–Kier alpha value is -0.560. The molecule has 64 valence electrons. The summed E-state index contributed by atoms with van der Waals surface area (Å²) in [6.45, 7) is 8.08. The van der Waals surface area contributed by atoms with Gasteiger partial charge < -0.3 is 4.74 Å². The van der Waals surface area contributed by atoms with Crippen LogP contribution in [-0.4, -0.2) is 12.2 Å². The predicted molar refractivity (Wildman–Crippen MR) is 49.6 cm³/mol. The third-order valence-corrected chi connectivity index (χ3v) is 1.36. The van der Waals surface area contributed by atoms with E-state index < -0.39 is 0 Å². The van der Waals surface area contributed by atoms with Gasteiger partial charge in [0.15, 0.2) is 0 Å². The lowest BCUT2D eigenvalue weighted by atomic mass is 10.3. The SMILES string of the molecule is CC=CC(C)OC(C)C=CC. The average molecular weight is 154 g/mol. The first kappa shape index (κ1) is 10.4. The van der Waals surface area contributed by atoms with Crippen molar-refractivity contribution < 1.29 is 4.74 Å². The summed E-state index contributed by atoms with van der Waals surface area (Å²) >= 11 is 0. The van der Waals surface area contributed by atoms with Crippen LogP contribution in [0.25, 0.3) is 0 Å². The highest BCUT2D eigenvalue weighted by Crippen LogP contribution is 2.00. The molecule has 0 aromatic carbocycles.